The Morgan fingerprint density at radius 2 is 2.20 bits per heavy atom. The largest absolute Gasteiger partial charge is 0.399 e. The minimum Gasteiger partial charge on any atom is -0.399 e. The van der Waals surface area contributed by atoms with Crippen molar-refractivity contribution in [2.24, 2.45) is 0 Å². The fourth-order valence-electron chi connectivity index (χ4n) is 1.22. The lowest BCUT2D eigenvalue weighted by Crippen LogP contribution is -2.14. The van der Waals surface area contributed by atoms with Gasteiger partial charge in [0.2, 0.25) is 0 Å². The van der Waals surface area contributed by atoms with Gasteiger partial charge >= 0.3 is 0 Å². The molecule has 0 aromatic heterocycles. The molecule has 0 aliphatic rings. The summed E-state index contributed by atoms with van der Waals surface area (Å²) in [7, 11) is 1.65. The summed E-state index contributed by atoms with van der Waals surface area (Å²) in [6.45, 7) is 2.97. The molecule has 0 fully saturated rings. The first kappa shape index (κ1) is 12.3. The zero-order chi connectivity index (χ0) is 11.3. The van der Waals surface area contributed by atoms with Crippen LogP contribution >= 0.6 is 11.6 Å². The van der Waals surface area contributed by atoms with Crippen LogP contribution in [0.4, 0.5) is 5.69 Å². The van der Waals surface area contributed by atoms with Gasteiger partial charge in [0.05, 0.1) is 19.3 Å². The van der Waals surface area contributed by atoms with Gasteiger partial charge in [-0.2, -0.15) is 0 Å². The van der Waals surface area contributed by atoms with Crippen LogP contribution in [0.25, 0.3) is 0 Å². The Morgan fingerprint density at radius 3 is 2.87 bits per heavy atom. The summed E-state index contributed by atoms with van der Waals surface area (Å²) in [6.07, 6.45) is 0.0486. The number of hydrogen-bond acceptors (Lipinski definition) is 3. The van der Waals surface area contributed by atoms with E-state index in [9.17, 15) is 0 Å². The first-order chi connectivity index (χ1) is 7.13. The van der Waals surface area contributed by atoms with Crippen molar-refractivity contribution in [3.05, 3.63) is 28.8 Å². The van der Waals surface area contributed by atoms with E-state index in [1.807, 2.05) is 13.0 Å². The zero-order valence-electron chi connectivity index (χ0n) is 9.00. The molecule has 0 saturated carbocycles. The fraction of sp³-hybridized carbons (Fsp3) is 0.455. The first-order valence-electron chi connectivity index (χ1n) is 4.78. The molecule has 0 aliphatic carbocycles. The third-order valence-corrected chi connectivity index (χ3v) is 2.36. The van der Waals surface area contributed by atoms with Crippen molar-refractivity contribution in [1.29, 1.82) is 0 Å². The number of rotatable bonds is 5. The molecule has 15 heavy (non-hydrogen) atoms. The van der Waals surface area contributed by atoms with E-state index < -0.39 is 0 Å². The molecule has 1 atom stereocenters. The number of hydrogen-bond donors (Lipinski definition) is 1. The topological polar surface area (TPSA) is 44.5 Å². The Balaban J connectivity index is 2.53. The summed E-state index contributed by atoms with van der Waals surface area (Å²) in [5, 5.41) is 0.675. The Morgan fingerprint density at radius 1 is 1.47 bits per heavy atom. The molecule has 0 bridgehead atoms. The van der Waals surface area contributed by atoms with Gasteiger partial charge in [-0.15, -0.1) is 0 Å². The van der Waals surface area contributed by atoms with Crippen LogP contribution in [0, 0.1) is 0 Å². The number of nitrogen functional groups attached to an aromatic ring is 1. The van der Waals surface area contributed by atoms with Crippen LogP contribution in [0.2, 0.25) is 5.02 Å². The molecule has 2 N–H and O–H groups in total. The lowest BCUT2D eigenvalue weighted by molar-refractivity contribution is -0.0000796. The van der Waals surface area contributed by atoms with Gasteiger partial charge in [-0.3, -0.25) is 0 Å². The van der Waals surface area contributed by atoms with Gasteiger partial charge < -0.3 is 15.2 Å². The average molecular weight is 230 g/mol. The molecular weight excluding hydrogens is 214 g/mol. The van der Waals surface area contributed by atoms with E-state index in [-0.39, 0.29) is 6.10 Å². The summed E-state index contributed by atoms with van der Waals surface area (Å²) in [5.41, 5.74) is 7.25. The molecule has 0 amide bonds. The molecule has 0 radical (unpaired) electrons. The van der Waals surface area contributed by atoms with Gasteiger partial charge in [0.25, 0.3) is 0 Å². The summed E-state index contributed by atoms with van der Waals surface area (Å²) in [4.78, 5) is 0. The fourth-order valence-corrected chi connectivity index (χ4v) is 1.39. The molecular formula is C11H16ClNO2. The summed E-state index contributed by atoms with van der Waals surface area (Å²) in [6, 6.07) is 5.36. The molecule has 0 aliphatic heterocycles. The number of halogens is 1. The maximum absolute atomic E-state index is 5.99. The molecule has 4 heteroatoms. The number of ether oxygens (including phenoxy) is 2. The van der Waals surface area contributed by atoms with E-state index in [0.29, 0.717) is 23.9 Å². The van der Waals surface area contributed by atoms with Crippen molar-refractivity contribution in [3.63, 3.8) is 0 Å². The molecule has 1 aromatic carbocycles. The molecule has 0 spiro atoms. The van der Waals surface area contributed by atoms with Crippen LogP contribution in [0.1, 0.15) is 12.5 Å². The zero-order valence-corrected chi connectivity index (χ0v) is 9.75. The first-order valence-corrected chi connectivity index (χ1v) is 5.15. The highest BCUT2D eigenvalue weighted by Gasteiger charge is 2.05. The highest BCUT2D eigenvalue weighted by atomic mass is 35.5. The van der Waals surface area contributed by atoms with Crippen LogP contribution in [0.5, 0.6) is 0 Å². The molecule has 1 aromatic rings. The second-order valence-corrected chi connectivity index (χ2v) is 3.84. The summed E-state index contributed by atoms with van der Waals surface area (Å²) in [5.74, 6) is 0. The van der Waals surface area contributed by atoms with E-state index >= 15 is 0 Å². The van der Waals surface area contributed by atoms with Gasteiger partial charge in [0.1, 0.15) is 0 Å². The van der Waals surface area contributed by atoms with E-state index in [0.717, 1.165) is 5.56 Å². The van der Waals surface area contributed by atoms with E-state index in [1.54, 1.807) is 19.2 Å². The van der Waals surface area contributed by atoms with Crippen LogP contribution in [0.3, 0.4) is 0 Å². The lowest BCUT2D eigenvalue weighted by Gasteiger charge is -2.12. The maximum Gasteiger partial charge on any atom is 0.0784 e. The third kappa shape index (κ3) is 4.08. The minimum atomic E-state index is 0.0486. The van der Waals surface area contributed by atoms with Crippen LogP contribution in [-0.2, 0) is 16.1 Å². The maximum atomic E-state index is 5.99. The standard InChI is InChI=1S/C11H16ClNO2/c1-8(6-14-2)15-7-9-5-10(13)3-4-11(9)12/h3-5,8H,6-7,13H2,1-2H3. The van der Waals surface area contributed by atoms with E-state index in [2.05, 4.69) is 0 Å². The lowest BCUT2D eigenvalue weighted by atomic mass is 10.2. The van der Waals surface area contributed by atoms with Gasteiger partial charge in [-0.05, 0) is 30.7 Å². The van der Waals surface area contributed by atoms with Gasteiger partial charge in [0.15, 0.2) is 0 Å². The molecule has 3 nitrogen and oxygen atoms in total. The van der Waals surface area contributed by atoms with Crippen LogP contribution < -0.4 is 5.73 Å². The van der Waals surface area contributed by atoms with Crippen molar-refractivity contribution < 1.29 is 9.47 Å². The molecule has 0 saturated heterocycles. The molecule has 1 rings (SSSR count). The average Bonchev–Trinajstić information content (AvgIpc) is 2.20. The molecule has 1 unspecified atom stereocenters. The SMILES string of the molecule is COCC(C)OCc1cc(N)ccc1Cl. The van der Waals surface area contributed by atoms with Crippen molar-refractivity contribution in [2.45, 2.75) is 19.6 Å². The van der Waals surface area contributed by atoms with Gasteiger partial charge in [-0.1, -0.05) is 11.6 Å². The van der Waals surface area contributed by atoms with E-state index in [4.69, 9.17) is 26.8 Å². The van der Waals surface area contributed by atoms with Crippen molar-refractivity contribution in [1.82, 2.24) is 0 Å². The quantitative estimate of drug-likeness (QED) is 0.789. The predicted molar refractivity (Wildman–Crippen MR) is 62.0 cm³/mol. The highest BCUT2D eigenvalue weighted by molar-refractivity contribution is 6.31. The number of anilines is 1. The van der Waals surface area contributed by atoms with Crippen LogP contribution in [0.15, 0.2) is 18.2 Å². The van der Waals surface area contributed by atoms with Crippen molar-refractivity contribution >= 4 is 17.3 Å². The normalized spacial score (nSPS) is 12.7. The Labute approximate surface area is 95.1 Å². The molecule has 0 heterocycles. The second-order valence-electron chi connectivity index (χ2n) is 3.43. The van der Waals surface area contributed by atoms with Gasteiger partial charge in [-0.25, -0.2) is 0 Å². The molecule has 84 valence electrons. The smallest absolute Gasteiger partial charge is 0.0784 e. The second kappa shape index (κ2) is 5.95. The van der Waals surface area contributed by atoms with E-state index in [1.165, 1.54) is 0 Å². The monoisotopic (exact) mass is 229 g/mol. The van der Waals surface area contributed by atoms with Gasteiger partial charge in [0, 0.05) is 17.8 Å². The highest BCUT2D eigenvalue weighted by Crippen LogP contribution is 2.20. The number of benzene rings is 1. The van der Waals surface area contributed by atoms with Crippen molar-refractivity contribution in [3.8, 4) is 0 Å². The Bertz CT molecular complexity index is 317. The predicted octanol–water partition coefficient (Wildman–Crippen LogP) is 2.47. The number of nitrogens with two attached hydrogens (primary N) is 1. The summed E-state index contributed by atoms with van der Waals surface area (Å²) < 4.78 is 10.5. The summed E-state index contributed by atoms with van der Waals surface area (Å²) >= 11 is 5.99. The van der Waals surface area contributed by atoms with Crippen LogP contribution in [-0.4, -0.2) is 19.8 Å². The number of methoxy groups -OCH3 is 1. The minimum absolute atomic E-state index is 0.0486. The Hall–Kier alpha value is -0.770. The Kier molecular flexibility index (Phi) is 4.88. The van der Waals surface area contributed by atoms with Crippen molar-refractivity contribution in [2.75, 3.05) is 19.5 Å². The third-order valence-electron chi connectivity index (χ3n) is 1.99.